The molecule has 0 atom stereocenters. The third-order valence-corrected chi connectivity index (χ3v) is 2.67. The predicted octanol–water partition coefficient (Wildman–Crippen LogP) is 2.31. The summed E-state index contributed by atoms with van der Waals surface area (Å²) in [6, 6.07) is 0.697. The van der Waals surface area contributed by atoms with Crippen LogP contribution in [0, 0.1) is 11.6 Å². The Morgan fingerprint density at radius 2 is 2.12 bits per heavy atom. The lowest BCUT2D eigenvalue weighted by atomic mass is 10.1. The molecular weight excluding hydrogens is 252 g/mol. The van der Waals surface area contributed by atoms with Crippen LogP contribution >= 0.6 is 11.6 Å². The number of halogens is 3. The predicted molar refractivity (Wildman–Crippen MR) is 59.6 cm³/mol. The van der Waals surface area contributed by atoms with Gasteiger partial charge in [0, 0.05) is 7.05 Å². The Morgan fingerprint density at radius 1 is 1.47 bits per heavy atom. The molecule has 0 saturated heterocycles. The standard InChI is InChI=1S/C10H8ClF2N3O/c1-16-10(14)4(3-15-16)7-8(13)5(11)2-6(12)9(7)17/h2-3,17H,14H2,1H3. The first-order valence-electron chi connectivity index (χ1n) is 4.57. The van der Waals surface area contributed by atoms with Crippen molar-refractivity contribution in [1.82, 2.24) is 9.78 Å². The number of nitrogens with zero attached hydrogens (tertiary/aromatic N) is 2. The second-order valence-corrected chi connectivity index (χ2v) is 3.85. The van der Waals surface area contributed by atoms with E-state index in [-0.39, 0.29) is 16.9 Å². The summed E-state index contributed by atoms with van der Waals surface area (Å²) < 4.78 is 28.3. The molecule has 0 radical (unpaired) electrons. The maximum absolute atomic E-state index is 13.8. The molecule has 0 spiro atoms. The fourth-order valence-electron chi connectivity index (χ4n) is 1.47. The lowest BCUT2D eigenvalue weighted by molar-refractivity contribution is 0.429. The number of nitrogens with two attached hydrogens (primary N) is 1. The van der Waals surface area contributed by atoms with Crippen LogP contribution in [-0.4, -0.2) is 14.9 Å². The van der Waals surface area contributed by atoms with E-state index in [4.69, 9.17) is 17.3 Å². The Hall–Kier alpha value is -1.82. The molecule has 0 saturated carbocycles. The molecule has 4 nitrogen and oxygen atoms in total. The number of aromatic hydroxyl groups is 1. The molecule has 0 aliphatic heterocycles. The van der Waals surface area contributed by atoms with Crippen molar-refractivity contribution in [2.24, 2.45) is 7.05 Å². The molecule has 0 bridgehead atoms. The van der Waals surface area contributed by atoms with Crippen molar-refractivity contribution in [3.8, 4) is 16.9 Å². The number of rotatable bonds is 1. The van der Waals surface area contributed by atoms with Crippen LogP contribution in [0.4, 0.5) is 14.6 Å². The van der Waals surface area contributed by atoms with Gasteiger partial charge in [-0.3, -0.25) is 4.68 Å². The van der Waals surface area contributed by atoms with Crippen LogP contribution in [0.1, 0.15) is 0 Å². The highest BCUT2D eigenvalue weighted by molar-refractivity contribution is 6.31. The summed E-state index contributed by atoms with van der Waals surface area (Å²) in [6.07, 6.45) is 1.23. The van der Waals surface area contributed by atoms with Gasteiger partial charge in [0.1, 0.15) is 5.82 Å². The molecule has 7 heteroatoms. The van der Waals surface area contributed by atoms with Gasteiger partial charge in [0.05, 0.1) is 22.3 Å². The minimum Gasteiger partial charge on any atom is -0.504 e. The van der Waals surface area contributed by atoms with Gasteiger partial charge in [-0.05, 0) is 6.07 Å². The fourth-order valence-corrected chi connectivity index (χ4v) is 1.66. The van der Waals surface area contributed by atoms with Crippen molar-refractivity contribution in [2.45, 2.75) is 0 Å². The van der Waals surface area contributed by atoms with Crippen molar-refractivity contribution in [2.75, 3.05) is 5.73 Å². The van der Waals surface area contributed by atoms with Gasteiger partial charge in [0.25, 0.3) is 0 Å². The van der Waals surface area contributed by atoms with Crippen molar-refractivity contribution < 1.29 is 13.9 Å². The fraction of sp³-hybridized carbons (Fsp3) is 0.100. The van der Waals surface area contributed by atoms with E-state index in [9.17, 15) is 13.9 Å². The van der Waals surface area contributed by atoms with E-state index in [0.717, 1.165) is 0 Å². The highest BCUT2D eigenvalue weighted by atomic mass is 35.5. The van der Waals surface area contributed by atoms with Crippen LogP contribution in [-0.2, 0) is 7.05 Å². The second kappa shape index (κ2) is 3.89. The van der Waals surface area contributed by atoms with Crippen LogP contribution in [0.15, 0.2) is 12.3 Å². The van der Waals surface area contributed by atoms with Gasteiger partial charge < -0.3 is 10.8 Å². The van der Waals surface area contributed by atoms with Gasteiger partial charge >= 0.3 is 0 Å². The van der Waals surface area contributed by atoms with Gasteiger partial charge in [0.15, 0.2) is 17.4 Å². The summed E-state index contributed by atoms with van der Waals surface area (Å²) in [6.45, 7) is 0. The normalized spacial score (nSPS) is 10.8. The average molecular weight is 260 g/mol. The smallest absolute Gasteiger partial charge is 0.167 e. The summed E-state index contributed by atoms with van der Waals surface area (Å²) in [4.78, 5) is 0. The summed E-state index contributed by atoms with van der Waals surface area (Å²) in [5.41, 5.74) is 5.33. The van der Waals surface area contributed by atoms with Gasteiger partial charge in [-0.25, -0.2) is 8.78 Å². The Bertz CT molecular complexity index is 571. The Labute approximate surface area is 100 Å². The third kappa shape index (κ3) is 1.70. The Balaban J connectivity index is 2.79. The lowest BCUT2D eigenvalue weighted by Crippen LogP contribution is -1.99. The maximum atomic E-state index is 13.8. The zero-order valence-corrected chi connectivity index (χ0v) is 9.46. The number of aryl methyl sites for hydroxylation is 1. The SMILES string of the molecule is Cn1ncc(-c2c(O)c(F)cc(Cl)c2F)c1N. The lowest BCUT2D eigenvalue weighted by Gasteiger charge is -2.08. The van der Waals surface area contributed by atoms with Crippen molar-refractivity contribution in [1.29, 1.82) is 0 Å². The first kappa shape index (κ1) is 11.7. The van der Waals surface area contributed by atoms with Crippen LogP contribution in [0.25, 0.3) is 11.1 Å². The number of anilines is 1. The van der Waals surface area contributed by atoms with Crippen molar-refractivity contribution in [3.63, 3.8) is 0 Å². The van der Waals surface area contributed by atoms with E-state index in [1.165, 1.54) is 17.9 Å². The number of phenols is 1. The molecule has 3 N–H and O–H groups in total. The molecule has 2 rings (SSSR count). The molecule has 17 heavy (non-hydrogen) atoms. The topological polar surface area (TPSA) is 64.1 Å². The Kier molecular flexibility index (Phi) is 2.66. The molecule has 1 aromatic heterocycles. The molecule has 1 heterocycles. The summed E-state index contributed by atoms with van der Waals surface area (Å²) in [7, 11) is 1.54. The van der Waals surface area contributed by atoms with Gasteiger partial charge in [0.2, 0.25) is 0 Å². The highest BCUT2D eigenvalue weighted by Crippen LogP contribution is 2.39. The molecule has 0 unspecified atom stereocenters. The number of nitrogen functional groups attached to an aromatic ring is 1. The maximum Gasteiger partial charge on any atom is 0.167 e. The van der Waals surface area contributed by atoms with Crippen molar-refractivity contribution in [3.05, 3.63) is 28.9 Å². The Morgan fingerprint density at radius 3 is 2.65 bits per heavy atom. The monoisotopic (exact) mass is 259 g/mol. The number of phenolic OH excluding ortho intramolecular Hbond substituents is 1. The van der Waals surface area contributed by atoms with Gasteiger partial charge in [-0.1, -0.05) is 11.6 Å². The van der Waals surface area contributed by atoms with E-state index in [0.29, 0.717) is 6.07 Å². The molecule has 2 aromatic rings. The minimum absolute atomic E-state index is 0.0869. The van der Waals surface area contributed by atoms with Crippen LogP contribution < -0.4 is 5.73 Å². The van der Waals surface area contributed by atoms with E-state index < -0.39 is 22.4 Å². The zero-order chi connectivity index (χ0) is 12.7. The van der Waals surface area contributed by atoms with Crippen LogP contribution in [0.2, 0.25) is 5.02 Å². The third-order valence-electron chi connectivity index (χ3n) is 2.40. The second-order valence-electron chi connectivity index (χ2n) is 3.44. The average Bonchev–Trinajstić information content (AvgIpc) is 2.59. The molecule has 0 aliphatic carbocycles. The quantitative estimate of drug-likeness (QED) is 0.773. The summed E-state index contributed by atoms with van der Waals surface area (Å²) in [5.74, 6) is -2.70. The zero-order valence-electron chi connectivity index (χ0n) is 8.71. The van der Waals surface area contributed by atoms with E-state index in [2.05, 4.69) is 5.10 Å². The molecule has 0 fully saturated rings. The highest BCUT2D eigenvalue weighted by Gasteiger charge is 2.22. The molecule has 0 amide bonds. The molecule has 90 valence electrons. The first-order chi connectivity index (χ1) is 7.93. The molecule has 0 aliphatic rings. The number of hydrogen-bond donors (Lipinski definition) is 2. The van der Waals surface area contributed by atoms with Crippen LogP contribution in [0.5, 0.6) is 5.75 Å². The molecular formula is C10H8ClF2N3O. The van der Waals surface area contributed by atoms with E-state index >= 15 is 0 Å². The molecule has 1 aromatic carbocycles. The minimum atomic E-state index is -1.02. The summed E-state index contributed by atoms with van der Waals surface area (Å²) >= 11 is 5.51. The van der Waals surface area contributed by atoms with Gasteiger partial charge in [-0.2, -0.15) is 5.10 Å². The number of benzene rings is 1. The van der Waals surface area contributed by atoms with E-state index in [1.807, 2.05) is 0 Å². The van der Waals surface area contributed by atoms with E-state index in [1.54, 1.807) is 0 Å². The van der Waals surface area contributed by atoms with Gasteiger partial charge in [-0.15, -0.1) is 0 Å². The largest absolute Gasteiger partial charge is 0.504 e. The van der Waals surface area contributed by atoms with Crippen molar-refractivity contribution >= 4 is 17.4 Å². The summed E-state index contributed by atoms with van der Waals surface area (Å²) in [5, 5.41) is 12.9. The first-order valence-corrected chi connectivity index (χ1v) is 4.95. The number of hydrogen-bond acceptors (Lipinski definition) is 3. The van der Waals surface area contributed by atoms with Crippen LogP contribution in [0.3, 0.4) is 0 Å². The number of aromatic nitrogens is 2.